The molecule has 0 saturated heterocycles. The van der Waals surface area contributed by atoms with Crippen molar-refractivity contribution in [2.45, 2.75) is 46.6 Å². The number of hydrogen-bond acceptors (Lipinski definition) is 2. The molecule has 0 aliphatic carbocycles. The van der Waals surface area contributed by atoms with Crippen LogP contribution in [0.2, 0.25) is 0 Å². The van der Waals surface area contributed by atoms with Gasteiger partial charge in [0.2, 0.25) is 0 Å². The van der Waals surface area contributed by atoms with Crippen LogP contribution in [0.5, 0.6) is 0 Å². The second-order valence-electron chi connectivity index (χ2n) is 6.27. The SMILES string of the molecule is CC(=O)CN(C)Cc1cc(C(C)(C)C)ccc1C. The second kappa shape index (κ2) is 5.66. The summed E-state index contributed by atoms with van der Waals surface area (Å²) in [6, 6.07) is 6.65. The van der Waals surface area contributed by atoms with Crippen LogP contribution in [0.4, 0.5) is 0 Å². The quantitative estimate of drug-likeness (QED) is 0.813. The fraction of sp³-hybridized carbons (Fsp3) is 0.562. The molecule has 0 unspecified atom stereocenters. The first-order valence-electron chi connectivity index (χ1n) is 6.48. The van der Waals surface area contributed by atoms with E-state index < -0.39 is 0 Å². The van der Waals surface area contributed by atoms with E-state index in [9.17, 15) is 4.79 Å². The van der Waals surface area contributed by atoms with E-state index in [0.717, 1.165) is 6.54 Å². The zero-order chi connectivity index (χ0) is 13.9. The van der Waals surface area contributed by atoms with E-state index in [1.807, 2.05) is 7.05 Å². The molecule has 2 nitrogen and oxygen atoms in total. The van der Waals surface area contributed by atoms with E-state index in [2.05, 4.69) is 50.8 Å². The number of likely N-dealkylation sites (N-methyl/N-ethyl adjacent to an activating group) is 1. The number of carbonyl (C=O) groups is 1. The zero-order valence-corrected chi connectivity index (χ0v) is 12.5. The Labute approximate surface area is 111 Å². The van der Waals surface area contributed by atoms with Gasteiger partial charge in [-0.25, -0.2) is 0 Å². The predicted octanol–water partition coefficient (Wildman–Crippen LogP) is 3.31. The van der Waals surface area contributed by atoms with Gasteiger partial charge < -0.3 is 0 Å². The monoisotopic (exact) mass is 247 g/mol. The number of Topliss-reactive ketones (excluding diaryl/α,β-unsaturated/α-hetero) is 1. The number of rotatable bonds is 4. The van der Waals surface area contributed by atoms with Crippen LogP contribution in [0.1, 0.15) is 44.4 Å². The molecule has 0 heterocycles. The smallest absolute Gasteiger partial charge is 0.143 e. The van der Waals surface area contributed by atoms with Crippen LogP contribution in [-0.4, -0.2) is 24.3 Å². The van der Waals surface area contributed by atoms with Gasteiger partial charge >= 0.3 is 0 Å². The Balaban J connectivity index is 2.91. The van der Waals surface area contributed by atoms with Gasteiger partial charge in [-0.2, -0.15) is 0 Å². The van der Waals surface area contributed by atoms with Gasteiger partial charge in [-0.05, 0) is 43.0 Å². The number of benzene rings is 1. The summed E-state index contributed by atoms with van der Waals surface area (Å²) in [4.78, 5) is 13.2. The highest BCUT2D eigenvalue weighted by Gasteiger charge is 2.15. The summed E-state index contributed by atoms with van der Waals surface area (Å²) in [5, 5.41) is 0. The van der Waals surface area contributed by atoms with Gasteiger partial charge in [-0.1, -0.05) is 39.0 Å². The summed E-state index contributed by atoms with van der Waals surface area (Å²) in [5.74, 6) is 0.210. The average molecular weight is 247 g/mol. The summed E-state index contributed by atoms with van der Waals surface area (Å²) in [6.45, 7) is 11.8. The summed E-state index contributed by atoms with van der Waals surface area (Å²) in [7, 11) is 1.99. The van der Waals surface area contributed by atoms with Crippen molar-refractivity contribution in [3.63, 3.8) is 0 Å². The molecule has 0 spiro atoms. The first-order chi connectivity index (χ1) is 8.20. The predicted molar refractivity (Wildman–Crippen MR) is 76.9 cm³/mol. The van der Waals surface area contributed by atoms with Gasteiger partial charge in [-0.15, -0.1) is 0 Å². The molecule has 0 aliphatic rings. The molecule has 0 bridgehead atoms. The van der Waals surface area contributed by atoms with Gasteiger partial charge in [0.05, 0.1) is 6.54 Å². The molecule has 0 atom stereocenters. The van der Waals surface area contributed by atoms with Crippen LogP contribution in [0.3, 0.4) is 0 Å². The van der Waals surface area contributed by atoms with Crippen molar-refractivity contribution in [3.05, 3.63) is 34.9 Å². The lowest BCUT2D eigenvalue weighted by Crippen LogP contribution is -2.24. The first-order valence-corrected chi connectivity index (χ1v) is 6.48. The molecule has 1 aromatic carbocycles. The van der Waals surface area contributed by atoms with E-state index in [1.54, 1.807) is 6.92 Å². The third-order valence-corrected chi connectivity index (χ3v) is 3.15. The average Bonchev–Trinajstić information content (AvgIpc) is 2.18. The van der Waals surface area contributed by atoms with E-state index in [1.165, 1.54) is 16.7 Å². The van der Waals surface area contributed by atoms with E-state index in [4.69, 9.17) is 0 Å². The van der Waals surface area contributed by atoms with Crippen molar-refractivity contribution in [2.75, 3.05) is 13.6 Å². The zero-order valence-electron chi connectivity index (χ0n) is 12.5. The maximum absolute atomic E-state index is 11.1. The minimum Gasteiger partial charge on any atom is -0.299 e. The molecule has 18 heavy (non-hydrogen) atoms. The summed E-state index contributed by atoms with van der Waals surface area (Å²) in [6.07, 6.45) is 0. The van der Waals surface area contributed by atoms with Gasteiger partial charge in [0.15, 0.2) is 0 Å². The lowest BCUT2D eigenvalue weighted by atomic mass is 9.85. The van der Waals surface area contributed by atoms with Crippen LogP contribution in [0.15, 0.2) is 18.2 Å². The van der Waals surface area contributed by atoms with Gasteiger partial charge in [0.1, 0.15) is 5.78 Å². The van der Waals surface area contributed by atoms with Gasteiger partial charge in [0, 0.05) is 6.54 Å². The number of hydrogen-bond donors (Lipinski definition) is 0. The standard InChI is InChI=1S/C16H25NO/c1-12-7-8-15(16(3,4)5)9-14(12)11-17(6)10-13(2)18/h7-9H,10-11H2,1-6H3. The highest BCUT2D eigenvalue weighted by atomic mass is 16.1. The van der Waals surface area contributed by atoms with E-state index in [-0.39, 0.29) is 11.2 Å². The normalized spacial score (nSPS) is 11.9. The Morgan fingerprint density at radius 2 is 1.89 bits per heavy atom. The van der Waals surface area contributed by atoms with Crippen molar-refractivity contribution >= 4 is 5.78 Å². The van der Waals surface area contributed by atoms with E-state index >= 15 is 0 Å². The first kappa shape index (κ1) is 14.9. The number of nitrogens with zero attached hydrogens (tertiary/aromatic N) is 1. The summed E-state index contributed by atoms with van der Waals surface area (Å²) >= 11 is 0. The minimum atomic E-state index is 0.168. The topological polar surface area (TPSA) is 20.3 Å². The Morgan fingerprint density at radius 1 is 1.28 bits per heavy atom. The van der Waals surface area contributed by atoms with Crippen molar-refractivity contribution in [1.29, 1.82) is 0 Å². The van der Waals surface area contributed by atoms with Crippen molar-refractivity contribution in [1.82, 2.24) is 4.90 Å². The molecule has 0 N–H and O–H groups in total. The van der Waals surface area contributed by atoms with Crippen LogP contribution in [-0.2, 0) is 16.8 Å². The lowest BCUT2D eigenvalue weighted by molar-refractivity contribution is -0.117. The molecule has 0 aliphatic heterocycles. The van der Waals surface area contributed by atoms with Crippen molar-refractivity contribution in [3.8, 4) is 0 Å². The highest BCUT2D eigenvalue weighted by Crippen LogP contribution is 2.24. The number of carbonyl (C=O) groups excluding carboxylic acids is 1. The fourth-order valence-electron chi connectivity index (χ4n) is 2.04. The molecule has 0 amide bonds. The summed E-state index contributed by atoms with van der Waals surface area (Å²) in [5.41, 5.74) is 4.12. The van der Waals surface area contributed by atoms with Gasteiger partial charge in [0.25, 0.3) is 0 Å². The third kappa shape index (κ3) is 4.26. The molecule has 0 fully saturated rings. The maximum Gasteiger partial charge on any atom is 0.143 e. The Hall–Kier alpha value is -1.15. The third-order valence-electron chi connectivity index (χ3n) is 3.15. The largest absolute Gasteiger partial charge is 0.299 e. The highest BCUT2D eigenvalue weighted by molar-refractivity contribution is 5.77. The molecule has 2 heteroatoms. The molecular weight excluding hydrogens is 222 g/mol. The molecule has 1 aromatic rings. The van der Waals surface area contributed by atoms with Crippen LogP contribution in [0, 0.1) is 6.92 Å². The van der Waals surface area contributed by atoms with E-state index in [0.29, 0.717) is 6.54 Å². The Kier molecular flexibility index (Phi) is 4.69. The molecule has 0 aromatic heterocycles. The van der Waals surface area contributed by atoms with Crippen LogP contribution in [0.25, 0.3) is 0 Å². The van der Waals surface area contributed by atoms with Crippen LogP contribution >= 0.6 is 0 Å². The minimum absolute atomic E-state index is 0.168. The number of aryl methyl sites for hydroxylation is 1. The Bertz CT molecular complexity index is 429. The van der Waals surface area contributed by atoms with Gasteiger partial charge in [-0.3, -0.25) is 9.69 Å². The summed E-state index contributed by atoms with van der Waals surface area (Å²) < 4.78 is 0. The lowest BCUT2D eigenvalue weighted by Gasteiger charge is -2.22. The molecule has 0 saturated carbocycles. The van der Waals surface area contributed by atoms with Crippen molar-refractivity contribution < 1.29 is 4.79 Å². The second-order valence-corrected chi connectivity index (χ2v) is 6.27. The maximum atomic E-state index is 11.1. The molecule has 0 radical (unpaired) electrons. The number of ketones is 1. The Morgan fingerprint density at radius 3 is 2.39 bits per heavy atom. The molecule has 1 rings (SSSR count). The van der Waals surface area contributed by atoms with Crippen LogP contribution < -0.4 is 0 Å². The fourth-order valence-corrected chi connectivity index (χ4v) is 2.04. The molecule has 100 valence electrons. The van der Waals surface area contributed by atoms with Crippen molar-refractivity contribution in [2.24, 2.45) is 0 Å². The molecular formula is C16H25NO.